The fourth-order valence-corrected chi connectivity index (χ4v) is 21.7. The Balaban J connectivity index is 1.58. The van der Waals surface area contributed by atoms with Crippen molar-refractivity contribution in [2.45, 2.75) is 43.9 Å². The Kier molecular flexibility index (Phi) is 4.93. The van der Waals surface area contributed by atoms with Crippen LogP contribution in [0.3, 0.4) is 0 Å². The molecular weight excluding hydrogens is 531 g/mol. The maximum atomic E-state index is 6.52. The normalized spacial score (nSPS) is 14.8. The number of furan rings is 1. The van der Waals surface area contributed by atoms with E-state index in [2.05, 4.69) is 147 Å². The number of para-hydroxylation sites is 3. The molecule has 2 nitrogen and oxygen atoms in total. The van der Waals surface area contributed by atoms with Gasteiger partial charge in [-0.2, -0.15) is 0 Å². The van der Waals surface area contributed by atoms with Crippen LogP contribution in [0.2, 0.25) is 39.3 Å². The van der Waals surface area contributed by atoms with Crippen molar-refractivity contribution in [3.63, 3.8) is 0 Å². The molecule has 2 heterocycles. The van der Waals surface area contributed by atoms with E-state index < -0.39 is 16.1 Å². The molecule has 0 amide bonds. The van der Waals surface area contributed by atoms with E-state index in [4.69, 9.17) is 4.42 Å². The van der Waals surface area contributed by atoms with Crippen LogP contribution in [0.15, 0.2) is 108 Å². The van der Waals surface area contributed by atoms with Crippen LogP contribution in [0.1, 0.15) is 11.1 Å². The molecule has 4 heteroatoms. The highest BCUT2D eigenvalue weighted by Gasteiger charge is 2.59. The molecule has 0 bridgehead atoms. The summed E-state index contributed by atoms with van der Waals surface area (Å²) in [5.74, 6) is 0. The fourth-order valence-electron chi connectivity index (χ4n) is 8.59. The molecule has 0 aliphatic heterocycles. The third-order valence-electron chi connectivity index (χ3n) is 9.69. The summed E-state index contributed by atoms with van der Waals surface area (Å²) >= 11 is 0. The molecule has 41 heavy (non-hydrogen) atoms. The molecule has 202 valence electrons. The average Bonchev–Trinajstić information content (AvgIpc) is 3.56. The molecule has 2 aromatic heterocycles. The Labute approximate surface area is 243 Å². The number of benzene rings is 5. The van der Waals surface area contributed by atoms with Crippen molar-refractivity contribution >= 4 is 59.9 Å². The Morgan fingerprint density at radius 2 is 1.10 bits per heavy atom. The van der Waals surface area contributed by atoms with Gasteiger partial charge in [0.25, 0.3) is 0 Å². The molecule has 0 radical (unpaired) electrons. The zero-order valence-corrected chi connectivity index (χ0v) is 26.7. The van der Waals surface area contributed by atoms with Crippen LogP contribution in [-0.4, -0.2) is 20.7 Å². The molecule has 0 N–H and O–H groups in total. The van der Waals surface area contributed by atoms with Gasteiger partial charge in [-0.3, -0.25) is 0 Å². The van der Waals surface area contributed by atoms with Gasteiger partial charge in [0.15, 0.2) is 0 Å². The summed E-state index contributed by atoms with van der Waals surface area (Å²) < 4.78 is 9.03. The molecule has 0 fully saturated rings. The molecule has 5 aromatic carbocycles. The van der Waals surface area contributed by atoms with E-state index >= 15 is 0 Å². The molecule has 1 aliphatic rings. The van der Waals surface area contributed by atoms with Gasteiger partial charge in [0, 0.05) is 31.9 Å². The van der Waals surface area contributed by atoms with Gasteiger partial charge < -0.3 is 8.98 Å². The van der Waals surface area contributed by atoms with E-state index in [1.54, 1.807) is 0 Å². The lowest BCUT2D eigenvalue weighted by Crippen LogP contribution is -2.63. The predicted molar refractivity (Wildman–Crippen MR) is 181 cm³/mol. The highest BCUT2D eigenvalue weighted by molar-refractivity contribution is 6.99. The largest absolute Gasteiger partial charge is 0.456 e. The number of aromatic nitrogens is 1. The first kappa shape index (κ1) is 24.9. The van der Waals surface area contributed by atoms with Crippen LogP contribution >= 0.6 is 0 Å². The van der Waals surface area contributed by atoms with Crippen molar-refractivity contribution in [3.8, 4) is 16.8 Å². The van der Waals surface area contributed by atoms with Gasteiger partial charge in [0.1, 0.15) is 11.2 Å². The first-order valence-corrected chi connectivity index (χ1v) is 21.7. The Morgan fingerprint density at radius 1 is 0.512 bits per heavy atom. The van der Waals surface area contributed by atoms with Gasteiger partial charge in [-0.05, 0) is 70.8 Å². The summed E-state index contributed by atoms with van der Waals surface area (Å²) in [6.45, 7) is 15.5. The topological polar surface area (TPSA) is 18.1 Å². The summed E-state index contributed by atoms with van der Waals surface area (Å²) in [5, 5.41) is 5.06. The molecule has 0 atom stereocenters. The van der Waals surface area contributed by atoms with Crippen LogP contribution < -0.4 is 0 Å². The monoisotopic (exact) mass is 565 g/mol. The lowest BCUT2D eigenvalue weighted by atomic mass is 10.0. The minimum atomic E-state index is -1.85. The summed E-state index contributed by atoms with van der Waals surface area (Å²) in [7, 11) is -3.70. The third kappa shape index (κ3) is 3.12. The summed E-state index contributed by atoms with van der Waals surface area (Å²) in [6, 6.07) is 38.3. The van der Waals surface area contributed by atoms with Crippen LogP contribution in [0.5, 0.6) is 0 Å². The molecule has 0 saturated carbocycles. The zero-order valence-electron chi connectivity index (χ0n) is 24.7. The second kappa shape index (κ2) is 8.12. The van der Waals surface area contributed by atoms with Gasteiger partial charge >= 0.3 is 0 Å². The maximum Gasteiger partial charge on any atom is 0.135 e. The van der Waals surface area contributed by atoms with E-state index in [9.17, 15) is 0 Å². The number of nitrogens with zero attached hydrogens (tertiary/aromatic N) is 1. The summed E-state index contributed by atoms with van der Waals surface area (Å²) in [6.07, 6.45) is 0. The van der Waals surface area contributed by atoms with E-state index in [1.165, 1.54) is 60.5 Å². The second-order valence-electron chi connectivity index (χ2n) is 13.8. The van der Waals surface area contributed by atoms with Crippen LogP contribution in [0.4, 0.5) is 0 Å². The lowest BCUT2D eigenvalue weighted by molar-refractivity contribution is 0.668. The van der Waals surface area contributed by atoms with Crippen molar-refractivity contribution in [1.82, 2.24) is 4.57 Å². The Hall–Kier alpha value is -3.87. The summed E-state index contributed by atoms with van der Waals surface area (Å²) in [4.78, 5) is 0. The number of hydrogen-bond acceptors (Lipinski definition) is 1. The lowest BCUT2D eigenvalue weighted by Gasteiger charge is -2.51. The standard InChI is InChI=1S/C37H35NOSi2/c1-40(2,3)37(41(4,5)6)31-22-34-29(25-16-10-12-18-33(25)38(34)24-14-8-7-9-15-24)20-27(31)28-21-30-26-17-11-13-19-35(26)39-36(30)23-32(28)37/h7-23H,1-6H3. The zero-order chi connectivity index (χ0) is 28.3. The van der Waals surface area contributed by atoms with Crippen LogP contribution in [0, 0.1) is 0 Å². The van der Waals surface area contributed by atoms with E-state index in [1.807, 2.05) is 0 Å². The third-order valence-corrected chi connectivity index (χ3v) is 19.8. The van der Waals surface area contributed by atoms with Gasteiger partial charge in [-0.25, -0.2) is 0 Å². The molecular formula is C37H35NOSi2. The minimum Gasteiger partial charge on any atom is -0.456 e. The van der Waals surface area contributed by atoms with E-state index in [-0.39, 0.29) is 4.66 Å². The van der Waals surface area contributed by atoms with Crippen molar-refractivity contribution in [2.24, 2.45) is 0 Å². The van der Waals surface area contributed by atoms with Crippen LogP contribution in [-0.2, 0) is 4.66 Å². The first-order valence-electron chi connectivity index (χ1n) is 14.7. The van der Waals surface area contributed by atoms with Crippen LogP contribution in [0.25, 0.3) is 60.6 Å². The minimum absolute atomic E-state index is 0.0317. The highest BCUT2D eigenvalue weighted by atomic mass is 28.4. The Morgan fingerprint density at radius 3 is 1.80 bits per heavy atom. The highest BCUT2D eigenvalue weighted by Crippen LogP contribution is 2.60. The number of rotatable bonds is 3. The average molecular weight is 566 g/mol. The fraction of sp³-hybridized carbons (Fsp3) is 0.189. The quantitative estimate of drug-likeness (QED) is 0.195. The van der Waals surface area contributed by atoms with Crippen molar-refractivity contribution in [3.05, 3.63) is 114 Å². The van der Waals surface area contributed by atoms with E-state index in [0.29, 0.717) is 0 Å². The van der Waals surface area contributed by atoms with Crippen molar-refractivity contribution in [1.29, 1.82) is 0 Å². The van der Waals surface area contributed by atoms with Crippen molar-refractivity contribution in [2.75, 3.05) is 0 Å². The molecule has 7 aromatic rings. The van der Waals surface area contributed by atoms with Gasteiger partial charge in [0.05, 0.1) is 27.2 Å². The summed E-state index contributed by atoms with van der Waals surface area (Å²) in [5.41, 5.74) is 11.6. The molecule has 0 unspecified atom stereocenters. The number of fused-ring (bicyclic) bond motifs is 9. The molecule has 8 rings (SSSR count). The van der Waals surface area contributed by atoms with E-state index in [0.717, 1.165) is 11.2 Å². The maximum absolute atomic E-state index is 6.52. The molecule has 0 saturated heterocycles. The Bertz CT molecular complexity index is 2160. The van der Waals surface area contributed by atoms with Gasteiger partial charge in [-0.15, -0.1) is 0 Å². The second-order valence-corrected chi connectivity index (χ2v) is 24.8. The van der Waals surface area contributed by atoms with Crippen molar-refractivity contribution < 1.29 is 4.42 Å². The smallest absolute Gasteiger partial charge is 0.135 e. The number of hydrogen-bond donors (Lipinski definition) is 0. The SMILES string of the molecule is C[Si](C)(C)C1([Si](C)(C)C)c2cc3oc4ccccc4c3cc2-c2cc3c4ccccc4n(-c4ccccc4)c3cc21. The first-order chi connectivity index (χ1) is 19.6. The predicted octanol–water partition coefficient (Wildman–Crippen LogP) is 10.7. The van der Waals surface area contributed by atoms with Gasteiger partial charge in [-0.1, -0.05) is 93.9 Å². The molecule has 0 spiro atoms. The molecule has 1 aliphatic carbocycles. The van der Waals surface area contributed by atoms with Gasteiger partial charge in [0.2, 0.25) is 0 Å².